The molecule has 178 valence electrons. The van der Waals surface area contributed by atoms with Gasteiger partial charge in [0.15, 0.2) is 5.69 Å². The Kier molecular flexibility index (Phi) is 6.05. The predicted octanol–water partition coefficient (Wildman–Crippen LogP) is 3.36. The largest absolute Gasteiger partial charge is 0.444 e. The molecule has 0 aliphatic heterocycles. The molecule has 1 aromatic carbocycles. The number of pyridine rings is 1. The Bertz CT molecular complexity index is 1480. The van der Waals surface area contributed by atoms with Gasteiger partial charge in [0.2, 0.25) is 5.89 Å². The third kappa shape index (κ3) is 5.35. The van der Waals surface area contributed by atoms with Gasteiger partial charge in [0.25, 0.3) is 5.91 Å². The molecule has 4 rings (SSSR count). The smallest absolute Gasteiger partial charge is 0.277 e. The van der Waals surface area contributed by atoms with E-state index >= 15 is 0 Å². The zero-order valence-corrected chi connectivity index (χ0v) is 20.2. The van der Waals surface area contributed by atoms with Crippen molar-refractivity contribution in [2.75, 3.05) is 17.3 Å². The summed E-state index contributed by atoms with van der Waals surface area (Å²) in [6.45, 7) is 5.17. The van der Waals surface area contributed by atoms with Gasteiger partial charge in [-0.1, -0.05) is 17.7 Å². The number of aliphatic hydroxyl groups is 1. The van der Waals surface area contributed by atoms with Crippen LogP contribution in [0, 0.1) is 6.92 Å². The number of hydrogen-bond acceptors (Lipinski definition) is 7. The highest BCUT2D eigenvalue weighted by Gasteiger charge is 2.24. The van der Waals surface area contributed by atoms with Crippen LogP contribution in [-0.4, -0.2) is 45.8 Å². The number of sulfone groups is 1. The van der Waals surface area contributed by atoms with Gasteiger partial charge in [-0.15, -0.1) is 0 Å². The van der Waals surface area contributed by atoms with Crippen LogP contribution in [0.4, 0.5) is 5.69 Å². The second kappa shape index (κ2) is 8.69. The van der Waals surface area contributed by atoms with Crippen LogP contribution in [0.5, 0.6) is 0 Å². The second-order valence-corrected chi connectivity index (χ2v) is 11.2. The number of rotatable bonds is 7. The first-order valence-electron chi connectivity index (χ1n) is 10.7. The Morgan fingerprint density at radius 2 is 1.97 bits per heavy atom. The standard InChI is InChI=1S/C24H26N4O5S/c1-15-6-5-7-16(10-15)23-27-20(14-33-23)22(29)26-19-13-28-12-17(8-9-34(4,31)32)25-21(28)11-18(19)24(2,3)30/h5-7,10-14,30H,8-9H2,1-4H3,(H,26,29). The molecule has 3 heterocycles. The van der Waals surface area contributed by atoms with E-state index in [1.165, 1.54) is 12.5 Å². The molecule has 34 heavy (non-hydrogen) atoms. The number of benzene rings is 1. The van der Waals surface area contributed by atoms with Gasteiger partial charge in [0.05, 0.1) is 22.7 Å². The normalized spacial score (nSPS) is 12.3. The SMILES string of the molecule is Cc1cccc(-c2nc(C(=O)Nc3cn4cc(CCS(C)(=O)=O)nc4cc3C(C)(C)O)co2)c1. The topological polar surface area (TPSA) is 127 Å². The van der Waals surface area contributed by atoms with E-state index in [0.717, 1.165) is 11.1 Å². The van der Waals surface area contributed by atoms with Gasteiger partial charge in [-0.05, 0) is 39.0 Å². The van der Waals surface area contributed by atoms with Crippen LogP contribution in [0.3, 0.4) is 0 Å². The Hall–Kier alpha value is -3.50. The first-order chi connectivity index (χ1) is 15.9. The molecule has 9 nitrogen and oxygen atoms in total. The summed E-state index contributed by atoms with van der Waals surface area (Å²) in [5.41, 5.74) is 2.57. The maximum absolute atomic E-state index is 13.0. The fourth-order valence-corrected chi connectivity index (χ4v) is 4.16. The van der Waals surface area contributed by atoms with Crippen molar-refractivity contribution in [2.45, 2.75) is 32.8 Å². The van der Waals surface area contributed by atoms with Crippen LogP contribution in [0.1, 0.15) is 41.2 Å². The molecule has 0 saturated heterocycles. The van der Waals surface area contributed by atoms with Crippen molar-refractivity contribution in [2.24, 2.45) is 0 Å². The lowest BCUT2D eigenvalue weighted by Crippen LogP contribution is -2.21. The first-order valence-corrected chi connectivity index (χ1v) is 12.7. The average Bonchev–Trinajstić information content (AvgIpc) is 3.37. The van der Waals surface area contributed by atoms with Gasteiger partial charge in [-0.3, -0.25) is 4.79 Å². The summed E-state index contributed by atoms with van der Waals surface area (Å²) in [6, 6.07) is 9.27. The van der Waals surface area contributed by atoms with E-state index < -0.39 is 21.3 Å². The van der Waals surface area contributed by atoms with Crippen molar-refractivity contribution < 1.29 is 22.7 Å². The van der Waals surface area contributed by atoms with Gasteiger partial charge in [0, 0.05) is 36.2 Å². The number of oxazole rings is 1. The summed E-state index contributed by atoms with van der Waals surface area (Å²) < 4.78 is 30.2. The predicted molar refractivity (Wildman–Crippen MR) is 128 cm³/mol. The highest BCUT2D eigenvalue weighted by atomic mass is 32.2. The molecule has 0 atom stereocenters. The highest BCUT2D eigenvalue weighted by molar-refractivity contribution is 7.90. The summed E-state index contributed by atoms with van der Waals surface area (Å²) in [4.78, 5) is 21.7. The lowest BCUT2D eigenvalue weighted by atomic mass is 9.97. The number of fused-ring (bicyclic) bond motifs is 1. The first kappa shape index (κ1) is 23.7. The van der Waals surface area contributed by atoms with Crippen molar-refractivity contribution in [3.63, 3.8) is 0 Å². The summed E-state index contributed by atoms with van der Waals surface area (Å²) in [7, 11) is -3.13. The Morgan fingerprint density at radius 1 is 1.21 bits per heavy atom. The number of nitrogens with zero attached hydrogens (tertiary/aromatic N) is 3. The number of hydrogen-bond donors (Lipinski definition) is 2. The van der Waals surface area contributed by atoms with E-state index in [1.807, 2.05) is 31.2 Å². The van der Waals surface area contributed by atoms with Crippen LogP contribution in [0.25, 0.3) is 17.1 Å². The molecule has 0 bridgehead atoms. The molecular formula is C24H26N4O5S. The monoisotopic (exact) mass is 482 g/mol. The molecule has 0 fully saturated rings. The summed E-state index contributed by atoms with van der Waals surface area (Å²) >= 11 is 0. The minimum atomic E-state index is -3.13. The van der Waals surface area contributed by atoms with Gasteiger partial charge >= 0.3 is 0 Å². The molecular weight excluding hydrogens is 456 g/mol. The van der Waals surface area contributed by atoms with Gasteiger partial charge in [-0.25, -0.2) is 18.4 Å². The molecule has 0 unspecified atom stereocenters. The van der Waals surface area contributed by atoms with E-state index in [4.69, 9.17) is 4.42 Å². The molecule has 1 amide bonds. The maximum atomic E-state index is 13.0. The molecule has 0 aliphatic rings. The molecule has 4 aromatic rings. The number of imidazole rings is 1. The van der Waals surface area contributed by atoms with E-state index in [0.29, 0.717) is 28.5 Å². The van der Waals surface area contributed by atoms with Gasteiger partial charge < -0.3 is 19.2 Å². The third-order valence-corrected chi connectivity index (χ3v) is 6.23. The number of aromatic nitrogens is 3. The fourth-order valence-electron chi connectivity index (χ4n) is 3.58. The van der Waals surface area contributed by atoms with Crippen LogP contribution < -0.4 is 5.32 Å². The van der Waals surface area contributed by atoms with Crippen molar-refractivity contribution in [1.82, 2.24) is 14.4 Å². The minimum Gasteiger partial charge on any atom is -0.444 e. The molecule has 10 heteroatoms. The van der Waals surface area contributed by atoms with Crippen LogP contribution in [-0.2, 0) is 21.9 Å². The lowest BCUT2D eigenvalue weighted by Gasteiger charge is -2.22. The van der Waals surface area contributed by atoms with E-state index in [-0.39, 0.29) is 17.9 Å². The zero-order valence-electron chi connectivity index (χ0n) is 19.4. The number of carbonyl (C=O) groups excluding carboxylic acids is 1. The van der Waals surface area contributed by atoms with Crippen LogP contribution in [0.2, 0.25) is 0 Å². The molecule has 0 aliphatic carbocycles. The number of anilines is 1. The van der Waals surface area contributed by atoms with Crippen molar-refractivity contribution in [3.05, 3.63) is 71.5 Å². The Labute approximate surface area is 197 Å². The number of amides is 1. The van der Waals surface area contributed by atoms with Crippen LogP contribution in [0.15, 0.2) is 53.4 Å². The fraction of sp³-hybridized carbons (Fsp3) is 0.292. The molecule has 2 N–H and O–H groups in total. The van der Waals surface area contributed by atoms with E-state index in [9.17, 15) is 18.3 Å². The van der Waals surface area contributed by atoms with Crippen molar-refractivity contribution >= 4 is 27.1 Å². The number of nitrogens with one attached hydrogen (secondary N) is 1. The van der Waals surface area contributed by atoms with E-state index in [2.05, 4.69) is 15.3 Å². The quantitative estimate of drug-likeness (QED) is 0.413. The highest BCUT2D eigenvalue weighted by Crippen LogP contribution is 2.30. The van der Waals surface area contributed by atoms with Crippen LogP contribution >= 0.6 is 0 Å². The molecule has 0 spiro atoms. The lowest BCUT2D eigenvalue weighted by molar-refractivity contribution is 0.0792. The molecule has 3 aromatic heterocycles. The van der Waals surface area contributed by atoms with Gasteiger partial charge in [-0.2, -0.15) is 0 Å². The van der Waals surface area contributed by atoms with Crippen molar-refractivity contribution in [1.29, 1.82) is 0 Å². The third-order valence-electron chi connectivity index (χ3n) is 5.28. The van der Waals surface area contributed by atoms with Crippen molar-refractivity contribution in [3.8, 4) is 11.5 Å². The minimum absolute atomic E-state index is 0.0196. The zero-order chi connectivity index (χ0) is 24.7. The average molecular weight is 483 g/mol. The number of carbonyl (C=O) groups is 1. The summed E-state index contributed by atoms with van der Waals surface area (Å²) in [6.07, 6.45) is 6.07. The van der Waals surface area contributed by atoms with Gasteiger partial charge in [0.1, 0.15) is 21.7 Å². The molecule has 0 saturated carbocycles. The Balaban J connectivity index is 1.64. The summed E-state index contributed by atoms with van der Waals surface area (Å²) in [5.74, 6) is -0.184. The van der Waals surface area contributed by atoms with E-state index in [1.54, 1.807) is 36.7 Å². The molecule has 0 radical (unpaired) electrons. The Morgan fingerprint density at radius 3 is 2.65 bits per heavy atom. The maximum Gasteiger partial charge on any atom is 0.277 e. The second-order valence-electron chi connectivity index (χ2n) is 8.90. The summed E-state index contributed by atoms with van der Waals surface area (Å²) in [5, 5.41) is 13.5. The number of aryl methyl sites for hydroxylation is 2.